The van der Waals surface area contributed by atoms with E-state index in [1.54, 1.807) is 12.4 Å². The quantitative estimate of drug-likeness (QED) is 0.680. The molecule has 2 aromatic rings. The number of hydrogen-bond donors (Lipinski definition) is 1. The Morgan fingerprint density at radius 3 is 2.33 bits per heavy atom. The molecule has 2 rings (SSSR count). The summed E-state index contributed by atoms with van der Waals surface area (Å²) in [5.41, 5.74) is 1.00. The number of unbranched alkanes of at least 4 members (excludes halogenated alkanes) is 2. The summed E-state index contributed by atoms with van der Waals surface area (Å²) in [5.74, 6) is 1.31. The fourth-order valence-electron chi connectivity index (χ4n) is 2.08. The Morgan fingerprint density at radius 2 is 1.67 bits per heavy atom. The van der Waals surface area contributed by atoms with Crippen molar-refractivity contribution in [3.63, 3.8) is 0 Å². The Morgan fingerprint density at radius 1 is 1.00 bits per heavy atom. The molecule has 0 atom stereocenters. The molecule has 0 unspecified atom stereocenters. The lowest BCUT2D eigenvalue weighted by Crippen LogP contribution is -2.28. The molecule has 1 aromatic heterocycles. The SMILES string of the molecule is CCCCCOc1ccc(OCC(=O)NCc2ccncc2)cc1. The van der Waals surface area contributed by atoms with E-state index in [9.17, 15) is 4.79 Å². The molecule has 0 aliphatic heterocycles. The smallest absolute Gasteiger partial charge is 0.258 e. The van der Waals surface area contributed by atoms with Crippen LogP contribution in [-0.4, -0.2) is 24.1 Å². The zero-order chi connectivity index (χ0) is 17.0. The molecule has 0 aliphatic carbocycles. The molecule has 128 valence electrons. The number of benzene rings is 1. The highest BCUT2D eigenvalue weighted by Crippen LogP contribution is 2.17. The van der Waals surface area contributed by atoms with Crippen molar-refractivity contribution in [1.29, 1.82) is 0 Å². The Kier molecular flexibility index (Phi) is 7.60. The van der Waals surface area contributed by atoms with E-state index in [4.69, 9.17) is 9.47 Å². The van der Waals surface area contributed by atoms with Crippen LogP contribution in [0.25, 0.3) is 0 Å². The summed E-state index contributed by atoms with van der Waals surface area (Å²) in [6, 6.07) is 11.1. The van der Waals surface area contributed by atoms with Crippen molar-refractivity contribution >= 4 is 5.91 Å². The molecule has 0 bridgehead atoms. The van der Waals surface area contributed by atoms with Gasteiger partial charge in [-0.3, -0.25) is 9.78 Å². The first-order chi connectivity index (χ1) is 11.8. The summed E-state index contributed by atoms with van der Waals surface area (Å²) < 4.78 is 11.1. The van der Waals surface area contributed by atoms with Gasteiger partial charge in [-0.05, 0) is 48.4 Å². The highest BCUT2D eigenvalue weighted by Gasteiger charge is 2.03. The zero-order valence-corrected chi connectivity index (χ0v) is 14.0. The second-order valence-corrected chi connectivity index (χ2v) is 5.45. The van der Waals surface area contributed by atoms with Crippen molar-refractivity contribution < 1.29 is 14.3 Å². The second kappa shape index (κ2) is 10.3. The summed E-state index contributed by atoms with van der Waals surface area (Å²) in [6.07, 6.45) is 6.81. The van der Waals surface area contributed by atoms with E-state index >= 15 is 0 Å². The van der Waals surface area contributed by atoms with Crippen molar-refractivity contribution in [3.05, 3.63) is 54.4 Å². The molecule has 0 aliphatic rings. The number of carbonyl (C=O) groups excluding carboxylic acids is 1. The summed E-state index contributed by atoms with van der Waals surface area (Å²) in [7, 11) is 0. The van der Waals surface area contributed by atoms with Gasteiger partial charge in [0, 0.05) is 18.9 Å². The molecule has 1 N–H and O–H groups in total. The van der Waals surface area contributed by atoms with Gasteiger partial charge in [0.15, 0.2) is 6.61 Å². The van der Waals surface area contributed by atoms with Gasteiger partial charge in [-0.2, -0.15) is 0 Å². The van der Waals surface area contributed by atoms with Crippen LogP contribution < -0.4 is 14.8 Å². The van der Waals surface area contributed by atoms with Crippen LogP contribution in [0.4, 0.5) is 0 Å². The maximum Gasteiger partial charge on any atom is 0.258 e. The molecule has 24 heavy (non-hydrogen) atoms. The summed E-state index contributed by atoms with van der Waals surface area (Å²) in [5, 5.41) is 2.80. The Balaban J connectivity index is 1.67. The monoisotopic (exact) mass is 328 g/mol. The number of nitrogens with zero attached hydrogens (tertiary/aromatic N) is 1. The maximum atomic E-state index is 11.8. The molecule has 0 fully saturated rings. The molecular formula is C19H24N2O3. The van der Waals surface area contributed by atoms with Gasteiger partial charge in [0.2, 0.25) is 0 Å². The number of rotatable bonds is 10. The van der Waals surface area contributed by atoms with Gasteiger partial charge >= 0.3 is 0 Å². The van der Waals surface area contributed by atoms with Crippen LogP contribution in [0.15, 0.2) is 48.8 Å². The first-order valence-corrected chi connectivity index (χ1v) is 8.29. The second-order valence-electron chi connectivity index (χ2n) is 5.45. The maximum absolute atomic E-state index is 11.8. The van der Waals surface area contributed by atoms with Crippen LogP contribution in [0.1, 0.15) is 31.7 Å². The van der Waals surface area contributed by atoms with Gasteiger partial charge in [0.25, 0.3) is 5.91 Å². The lowest BCUT2D eigenvalue weighted by atomic mass is 10.3. The van der Waals surface area contributed by atoms with Gasteiger partial charge in [-0.25, -0.2) is 0 Å². The third kappa shape index (κ3) is 6.69. The Bertz CT molecular complexity index is 600. The normalized spacial score (nSPS) is 10.2. The van der Waals surface area contributed by atoms with E-state index in [0.717, 1.165) is 24.3 Å². The summed E-state index contributed by atoms with van der Waals surface area (Å²) in [4.78, 5) is 15.7. The number of aromatic nitrogens is 1. The van der Waals surface area contributed by atoms with E-state index < -0.39 is 0 Å². The molecule has 5 nitrogen and oxygen atoms in total. The number of pyridine rings is 1. The number of nitrogens with one attached hydrogen (secondary N) is 1. The topological polar surface area (TPSA) is 60.5 Å². The number of amides is 1. The highest BCUT2D eigenvalue weighted by atomic mass is 16.5. The molecule has 5 heteroatoms. The lowest BCUT2D eigenvalue weighted by molar-refractivity contribution is -0.123. The largest absolute Gasteiger partial charge is 0.494 e. The van der Waals surface area contributed by atoms with E-state index in [1.165, 1.54) is 12.8 Å². The van der Waals surface area contributed by atoms with Crippen LogP contribution in [0.3, 0.4) is 0 Å². The van der Waals surface area contributed by atoms with Gasteiger partial charge in [-0.1, -0.05) is 19.8 Å². The van der Waals surface area contributed by atoms with Crippen molar-refractivity contribution in [1.82, 2.24) is 10.3 Å². The average Bonchev–Trinajstić information content (AvgIpc) is 2.64. The van der Waals surface area contributed by atoms with Crippen LogP contribution in [0.5, 0.6) is 11.5 Å². The fourth-order valence-corrected chi connectivity index (χ4v) is 2.08. The lowest BCUT2D eigenvalue weighted by Gasteiger charge is -2.09. The number of ether oxygens (including phenoxy) is 2. The molecule has 1 amide bonds. The van der Waals surface area contributed by atoms with Crippen LogP contribution in [0, 0.1) is 0 Å². The molecule has 1 aromatic carbocycles. The van der Waals surface area contributed by atoms with E-state index in [1.807, 2.05) is 36.4 Å². The van der Waals surface area contributed by atoms with Crippen molar-refractivity contribution in [2.24, 2.45) is 0 Å². The van der Waals surface area contributed by atoms with Crippen molar-refractivity contribution in [3.8, 4) is 11.5 Å². The molecular weight excluding hydrogens is 304 g/mol. The minimum Gasteiger partial charge on any atom is -0.494 e. The van der Waals surface area contributed by atoms with Crippen molar-refractivity contribution in [2.75, 3.05) is 13.2 Å². The predicted octanol–water partition coefficient (Wildman–Crippen LogP) is 3.35. The van der Waals surface area contributed by atoms with Crippen LogP contribution in [-0.2, 0) is 11.3 Å². The van der Waals surface area contributed by atoms with E-state index in [0.29, 0.717) is 12.3 Å². The molecule has 0 saturated heterocycles. The molecule has 0 saturated carbocycles. The van der Waals surface area contributed by atoms with Gasteiger partial charge in [0.05, 0.1) is 6.61 Å². The zero-order valence-electron chi connectivity index (χ0n) is 14.0. The minimum absolute atomic E-state index is 0.0121. The van der Waals surface area contributed by atoms with Crippen LogP contribution in [0.2, 0.25) is 0 Å². The predicted molar refractivity (Wildman–Crippen MR) is 93.0 cm³/mol. The van der Waals surface area contributed by atoms with E-state index in [2.05, 4.69) is 17.2 Å². The minimum atomic E-state index is -0.160. The first kappa shape index (κ1) is 17.8. The van der Waals surface area contributed by atoms with Gasteiger partial charge < -0.3 is 14.8 Å². The average molecular weight is 328 g/mol. The fraction of sp³-hybridized carbons (Fsp3) is 0.368. The highest BCUT2D eigenvalue weighted by molar-refractivity contribution is 5.77. The third-order valence-electron chi connectivity index (χ3n) is 3.45. The standard InChI is InChI=1S/C19H24N2O3/c1-2-3-4-13-23-17-5-7-18(8-6-17)24-15-19(22)21-14-16-9-11-20-12-10-16/h5-12H,2-4,13-15H2,1H3,(H,21,22). The summed E-state index contributed by atoms with van der Waals surface area (Å²) >= 11 is 0. The Labute approximate surface area is 143 Å². The van der Waals surface area contributed by atoms with Crippen molar-refractivity contribution in [2.45, 2.75) is 32.7 Å². The molecule has 1 heterocycles. The number of carbonyl (C=O) groups is 1. The van der Waals surface area contributed by atoms with Gasteiger partial charge in [0.1, 0.15) is 11.5 Å². The summed E-state index contributed by atoms with van der Waals surface area (Å²) in [6.45, 7) is 3.35. The van der Waals surface area contributed by atoms with Crippen LogP contribution >= 0.6 is 0 Å². The molecule has 0 radical (unpaired) electrons. The van der Waals surface area contributed by atoms with E-state index in [-0.39, 0.29) is 12.5 Å². The first-order valence-electron chi connectivity index (χ1n) is 8.29. The number of hydrogen-bond acceptors (Lipinski definition) is 4. The van der Waals surface area contributed by atoms with Gasteiger partial charge in [-0.15, -0.1) is 0 Å². The third-order valence-corrected chi connectivity index (χ3v) is 3.45. The molecule has 0 spiro atoms. The Hall–Kier alpha value is -2.56.